The second-order valence-electron chi connectivity index (χ2n) is 6.03. The monoisotopic (exact) mass is 283 g/mol. The number of aryl methyl sites for hydroxylation is 2. The molecule has 0 atom stereocenters. The maximum atomic E-state index is 12.5. The first-order valence-corrected chi connectivity index (χ1v) is 6.63. The van der Waals surface area contributed by atoms with Gasteiger partial charge in [-0.2, -0.15) is 0 Å². The van der Waals surface area contributed by atoms with E-state index >= 15 is 0 Å². The van der Waals surface area contributed by atoms with Crippen molar-refractivity contribution in [3.05, 3.63) is 39.3 Å². The van der Waals surface area contributed by atoms with Crippen LogP contribution in [0.2, 0.25) is 5.15 Å². The summed E-state index contributed by atoms with van der Waals surface area (Å²) in [7, 11) is 1.70. The predicted molar refractivity (Wildman–Crippen MR) is 79.0 cm³/mol. The molecule has 1 rings (SSSR count). The fraction of sp³-hybridized carbons (Fsp3) is 0.571. The van der Waals surface area contributed by atoms with Crippen LogP contribution in [-0.4, -0.2) is 14.1 Å². The van der Waals surface area contributed by atoms with Crippen molar-refractivity contribution in [3.8, 4) is 0 Å². The van der Waals surface area contributed by atoms with E-state index in [-0.39, 0.29) is 11.1 Å². The second-order valence-corrected chi connectivity index (χ2v) is 6.42. The SMILES string of the molecule is Cc1cc(Cl)nc(C)n(C)c(=O)n(CC(C)(C)C)c1. The summed E-state index contributed by atoms with van der Waals surface area (Å²) in [5.74, 6) is 0.577. The van der Waals surface area contributed by atoms with Gasteiger partial charge >= 0.3 is 5.69 Å². The highest BCUT2D eigenvalue weighted by atomic mass is 35.5. The van der Waals surface area contributed by atoms with Crippen LogP contribution in [0.3, 0.4) is 0 Å². The molecule has 1 aromatic rings. The van der Waals surface area contributed by atoms with Gasteiger partial charge in [-0.05, 0) is 30.9 Å². The van der Waals surface area contributed by atoms with Gasteiger partial charge in [-0.25, -0.2) is 9.78 Å². The lowest BCUT2D eigenvalue weighted by Crippen LogP contribution is -2.32. The molecular weight excluding hydrogens is 262 g/mol. The van der Waals surface area contributed by atoms with E-state index in [1.54, 1.807) is 24.6 Å². The van der Waals surface area contributed by atoms with Gasteiger partial charge in [-0.3, -0.25) is 9.13 Å². The normalized spacial score (nSPS) is 11.3. The first-order chi connectivity index (χ1) is 8.60. The van der Waals surface area contributed by atoms with Gasteiger partial charge in [-0.15, -0.1) is 0 Å². The topological polar surface area (TPSA) is 39.8 Å². The average molecular weight is 284 g/mol. The van der Waals surface area contributed by atoms with Gasteiger partial charge < -0.3 is 0 Å². The Morgan fingerprint density at radius 3 is 2.42 bits per heavy atom. The Morgan fingerprint density at radius 2 is 1.89 bits per heavy atom. The van der Waals surface area contributed by atoms with Crippen molar-refractivity contribution in [2.24, 2.45) is 12.5 Å². The van der Waals surface area contributed by atoms with Crippen molar-refractivity contribution in [1.82, 2.24) is 14.1 Å². The molecule has 1 aromatic heterocycles. The molecule has 0 radical (unpaired) electrons. The number of nitrogens with zero attached hydrogens (tertiary/aromatic N) is 3. The van der Waals surface area contributed by atoms with Crippen LogP contribution in [0.5, 0.6) is 0 Å². The molecule has 0 aliphatic carbocycles. The quantitative estimate of drug-likeness (QED) is 0.795. The van der Waals surface area contributed by atoms with Crippen molar-refractivity contribution in [3.63, 3.8) is 0 Å². The molecule has 0 fully saturated rings. The molecule has 0 saturated heterocycles. The van der Waals surface area contributed by atoms with Crippen LogP contribution in [0, 0.1) is 19.3 Å². The molecule has 0 saturated carbocycles. The summed E-state index contributed by atoms with van der Waals surface area (Å²) < 4.78 is 3.22. The van der Waals surface area contributed by atoms with E-state index in [1.807, 2.05) is 13.1 Å². The molecule has 0 aromatic carbocycles. The van der Waals surface area contributed by atoms with E-state index in [0.29, 0.717) is 17.5 Å². The summed E-state index contributed by atoms with van der Waals surface area (Å²) in [6.07, 6.45) is 1.82. The Bertz CT molecular complexity index is 578. The zero-order chi connectivity index (χ0) is 14.8. The molecule has 5 heteroatoms. The van der Waals surface area contributed by atoms with Crippen molar-refractivity contribution < 1.29 is 0 Å². The highest BCUT2D eigenvalue weighted by molar-refractivity contribution is 6.29. The number of halogens is 1. The summed E-state index contributed by atoms with van der Waals surface area (Å²) in [6, 6.07) is 1.76. The van der Waals surface area contributed by atoms with E-state index in [9.17, 15) is 4.79 Å². The Morgan fingerprint density at radius 1 is 1.32 bits per heavy atom. The lowest BCUT2D eigenvalue weighted by Gasteiger charge is -2.19. The molecule has 0 aliphatic rings. The van der Waals surface area contributed by atoms with E-state index in [1.165, 1.54) is 4.57 Å². The maximum Gasteiger partial charge on any atom is 0.329 e. The van der Waals surface area contributed by atoms with E-state index in [2.05, 4.69) is 25.8 Å². The van der Waals surface area contributed by atoms with Gasteiger partial charge in [0.05, 0.1) is 0 Å². The molecule has 0 aliphatic heterocycles. The number of rotatable bonds is 1. The van der Waals surface area contributed by atoms with Gasteiger partial charge in [0.25, 0.3) is 0 Å². The lowest BCUT2D eigenvalue weighted by atomic mass is 9.97. The van der Waals surface area contributed by atoms with Gasteiger partial charge in [0.2, 0.25) is 0 Å². The summed E-state index contributed by atoms with van der Waals surface area (Å²) in [5.41, 5.74) is 0.810. The zero-order valence-corrected chi connectivity index (χ0v) is 13.2. The van der Waals surface area contributed by atoms with Crippen LogP contribution in [0.1, 0.15) is 32.2 Å². The number of aromatic nitrogens is 3. The van der Waals surface area contributed by atoms with Crippen molar-refractivity contribution >= 4 is 11.6 Å². The van der Waals surface area contributed by atoms with Gasteiger partial charge in [0.1, 0.15) is 11.0 Å². The average Bonchev–Trinajstić information content (AvgIpc) is 2.24. The molecule has 0 N–H and O–H groups in total. The Labute approximate surface area is 119 Å². The molecule has 0 bridgehead atoms. The maximum absolute atomic E-state index is 12.5. The highest BCUT2D eigenvalue weighted by Gasteiger charge is 2.12. The van der Waals surface area contributed by atoms with E-state index in [0.717, 1.165) is 5.56 Å². The fourth-order valence-electron chi connectivity index (χ4n) is 1.74. The van der Waals surface area contributed by atoms with E-state index in [4.69, 9.17) is 11.6 Å². The van der Waals surface area contributed by atoms with Crippen LogP contribution in [-0.2, 0) is 13.6 Å². The van der Waals surface area contributed by atoms with E-state index < -0.39 is 0 Å². The summed E-state index contributed by atoms with van der Waals surface area (Å²) in [6.45, 7) is 10.6. The van der Waals surface area contributed by atoms with Gasteiger partial charge in [0, 0.05) is 19.8 Å². The number of hydrogen-bond donors (Lipinski definition) is 0. The van der Waals surface area contributed by atoms with Crippen molar-refractivity contribution in [2.75, 3.05) is 0 Å². The Hall–Kier alpha value is -1.29. The second kappa shape index (κ2) is 5.78. The standard InChI is InChI=1S/C14H22ClN3O/c1-10-7-12(15)16-11(2)17(6)13(19)18(8-10)9-14(3,4)5/h7-8H,9H2,1-6H3. The summed E-state index contributed by atoms with van der Waals surface area (Å²) in [5, 5.41) is 0.378. The predicted octanol–water partition coefficient (Wildman–Crippen LogP) is 3.02. The van der Waals surface area contributed by atoms with Gasteiger partial charge in [0.15, 0.2) is 0 Å². The van der Waals surface area contributed by atoms with Gasteiger partial charge in [-0.1, -0.05) is 32.4 Å². The minimum atomic E-state index is -0.102. The van der Waals surface area contributed by atoms with Crippen LogP contribution >= 0.6 is 11.6 Å². The lowest BCUT2D eigenvalue weighted by molar-refractivity contribution is 0.332. The molecular formula is C14H22ClN3O. The molecule has 1 heterocycles. The molecule has 106 valence electrons. The smallest absolute Gasteiger partial charge is 0.300 e. The molecule has 4 nitrogen and oxygen atoms in total. The van der Waals surface area contributed by atoms with Crippen LogP contribution in [0.4, 0.5) is 0 Å². The third-order valence-corrected chi connectivity index (χ3v) is 2.83. The Kier molecular flexibility index (Phi) is 4.80. The van der Waals surface area contributed by atoms with Crippen molar-refractivity contribution in [2.45, 2.75) is 41.2 Å². The summed E-state index contributed by atoms with van der Waals surface area (Å²) in [4.78, 5) is 16.6. The minimum absolute atomic E-state index is 0.0138. The Balaban J connectivity index is 3.70. The first-order valence-electron chi connectivity index (χ1n) is 6.25. The van der Waals surface area contributed by atoms with Crippen LogP contribution < -0.4 is 5.69 Å². The third-order valence-electron chi connectivity index (χ3n) is 2.64. The third kappa shape index (κ3) is 4.71. The van der Waals surface area contributed by atoms with Crippen LogP contribution in [0.15, 0.2) is 17.1 Å². The number of hydrogen-bond acceptors (Lipinski definition) is 2. The van der Waals surface area contributed by atoms with Crippen LogP contribution in [0.25, 0.3) is 0 Å². The molecule has 19 heavy (non-hydrogen) atoms. The molecule has 0 unspecified atom stereocenters. The first kappa shape index (κ1) is 15.8. The van der Waals surface area contributed by atoms with Crippen molar-refractivity contribution in [1.29, 1.82) is 0 Å². The minimum Gasteiger partial charge on any atom is -0.300 e. The summed E-state index contributed by atoms with van der Waals surface area (Å²) >= 11 is 6.03. The largest absolute Gasteiger partial charge is 0.329 e. The highest BCUT2D eigenvalue weighted by Crippen LogP contribution is 2.15. The fourth-order valence-corrected chi connectivity index (χ4v) is 2.04. The zero-order valence-electron chi connectivity index (χ0n) is 12.5. The molecule has 0 amide bonds. The molecule has 0 spiro atoms.